The number of aliphatic hydroxyl groups is 1. The van der Waals surface area contributed by atoms with Gasteiger partial charge in [-0.25, -0.2) is 14.5 Å². The van der Waals surface area contributed by atoms with Crippen LogP contribution in [0.5, 0.6) is 0 Å². The average molecular weight is 501 g/mol. The van der Waals surface area contributed by atoms with Gasteiger partial charge >= 0.3 is 0 Å². The lowest BCUT2D eigenvalue weighted by molar-refractivity contribution is 0.100. The fourth-order valence-corrected chi connectivity index (χ4v) is 4.78. The van der Waals surface area contributed by atoms with E-state index < -0.39 is 12.0 Å². The number of hydrogen-bond acceptors (Lipinski definition) is 9. The van der Waals surface area contributed by atoms with Gasteiger partial charge in [0, 0.05) is 42.7 Å². The van der Waals surface area contributed by atoms with Gasteiger partial charge < -0.3 is 21.1 Å². The van der Waals surface area contributed by atoms with Crippen LogP contribution in [0.3, 0.4) is 0 Å². The maximum absolute atomic E-state index is 12.4. The molecule has 4 N–H and O–H groups in total. The largest absolute Gasteiger partial charge is 0.391 e. The van der Waals surface area contributed by atoms with E-state index in [1.165, 1.54) is 18.6 Å². The van der Waals surface area contributed by atoms with Crippen molar-refractivity contribution in [3.63, 3.8) is 0 Å². The molecule has 37 heavy (non-hydrogen) atoms. The number of nitrogens with two attached hydrogens (primary N) is 1. The molecule has 1 amide bonds. The number of anilines is 2. The van der Waals surface area contributed by atoms with Crippen LogP contribution in [-0.2, 0) is 6.54 Å². The first-order valence-electron chi connectivity index (χ1n) is 12.1. The van der Waals surface area contributed by atoms with Crippen LogP contribution in [0.2, 0.25) is 0 Å². The standard InChI is InChI=1S/C25H28N10O2/c1-3-17-11-33(25-28-6-16(5-26)7-29-25)14-21(17)32-23-20(24(27)37)9-31-35-13-18(4-22(23)35)19-8-30-34(12-19)10-15(2)36/h4,6-9,12-13,15,17,21,32,36H,3,10-11,14H2,1-2H3,(H2,27,37)/t15?,17-,21+/m0/s1. The summed E-state index contributed by atoms with van der Waals surface area (Å²) in [5.74, 6) is 0.264. The first kappa shape index (κ1) is 24.2. The molecule has 0 aliphatic carbocycles. The van der Waals surface area contributed by atoms with Crippen LogP contribution in [0.25, 0.3) is 16.6 Å². The van der Waals surface area contributed by atoms with Gasteiger partial charge in [0.05, 0.1) is 59.8 Å². The van der Waals surface area contributed by atoms with Gasteiger partial charge in [-0.1, -0.05) is 6.92 Å². The van der Waals surface area contributed by atoms with Crippen LogP contribution in [0.1, 0.15) is 36.2 Å². The number of primary amides is 1. The number of amides is 1. The molecule has 4 aromatic heterocycles. The molecule has 0 saturated carbocycles. The summed E-state index contributed by atoms with van der Waals surface area (Å²) >= 11 is 0. The zero-order chi connectivity index (χ0) is 26.1. The number of nitrogens with one attached hydrogen (secondary N) is 1. The number of carbonyl (C=O) groups excluding carboxylic acids is 1. The first-order valence-corrected chi connectivity index (χ1v) is 12.1. The van der Waals surface area contributed by atoms with E-state index >= 15 is 0 Å². The van der Waals surface area contributed by atoms with Gasteiger partial charge in [-0.3, -0.25) is 9.48 Å². The summed E-state index contributed by atoms with van der Waals surface area (Å²) in [7, 11) is 0. The summed E-state index contributed by atoms with van der Waals surface area (Å²) in [6, 6.07) is 3.99. The zero-order valence-electron chi connectivity index (χ0n) is 20.6. The van der Waals surface area contributed by atoms with Crippen LogP contribution in [0.15, 0.2) is 43.2 Å². The Balaban J connectivity index is 1.47. The predicted octanol–water partition coefficient (Wildman–Crippen LogP) is 1.67. The minimum absolute atomic E-state index is 0.000635. The lowest BCUT2D eigenvalue weighted by Crippen LogP contribution is -2.31. The van der Waals surface area contributed by atoms with Crippen molar-refractivity contribution in [2.24, 2.45) is 11.7 Å². The Morgan fingerprint density at radius 3 is 2.68 bits per heavy atom. The molecule has 0 aromatic carbocycles. The van der Waals surface area contributed by atoms with Gasteiger partial charge in [-0.05, 0) is 25.3 Å². The van der Waals surface area contributed by atoms with E-state index in [4.69, 9.17) is 11.0 Å². The number of carbonyl (C=O) groups is 1. The van der Waals surface area contributed by atoms with Gasteiger partial charge in [0.25, 0.3) is 5.91 Å². The molecular weight excluding hydrogens is 472 g/mol. The lowest BCUT2D eigenvalue weighted by atomic mass is 10.00. The van der Waals surface area contributed by atoms with Crippen LogP contribution in [0, 0.1) is 17.2 Å². The van der Waals surface area contributed by atoms with Crippen molar-refractivity contribution >= 4 is 23.1 Å². The van der Waals surface area contributed by atoms with Crippen molar-refractivity contribution in [1.82, 2.24) is 29.4 Å². The number of aromatic nitrogens is 6. The summed E-state index contributed by atoms with van der Waals surface area (Å²) in [4.78, 5) is 23.1. The molecule has 12 nitrogen and oxygen atoms in total. The average Bonchev–Trinajstić information content (AvgIpc) is 3.62. The van der Waals surface area contributed by atoms with Crippen molar-refractivity contribution in [1.29, 1.82) is 5.26 Å². The Kier molecular flexibility index (Phi) is 6.45. The normalized spacial score (nSPS) is 18.2. The summed E-state index contributed by atoms with van der Waals surface area (Å²) in [5, 5.41) is 31.0. The summed E-state index contributed by atoms with van der Waals surface area (Å²) in [5.41, 5.74) is 9.55. The maximum atomic E-state index is 12.4. The van der Waals surface area contributed by atoms with Crippen molar-refractivity contribution in [3.05, 3.63) is 54.4 Å². The second-order valence-electron chi connectivity index (χ2n) is 9.36. The fraction of sp³-hybridized carbons (Fsp3) is 0.360. The number of nitriles is 1. The van der Waals surface area contributed by atoms with Gasteiger partial charge in [0.1, 0.15) is 6.07 Å². The molecule has 0 bridgehead atoms. The van der Waals surface area contributed by atoms with Crippen molar-refractivity contribution in [2.75, 3.05) is 23.3 Å². The third-order valence-corrected chi connectivity index (χ3v) is 6.67. The highest BCUT2D eigenvalue weighted by molar-refractivity contribution is 6.02. The number of aliphatic hydroxyl groups excluding tert-OH is 1. The molecule has 1 saturated heterocycles. The van der Waals surface area contributed by atoms with E-state index in [2.05, 4.69) is 37.3 Å². The molecule has 4 aromatic rings. The third kappa shape index (κ3) is 4.81. The second kappa shape index (κ2) is 9.87. The summed E-state index contributed by atoms with van der Waals surface area (Å²) in [6.45, 7) is 5.59. The van der Waals surface area contributed by atoms with E-state index in [0.29, 0.717) is 35.9 Å². The molecule has 1 aliphatic heterocycles. The van der Waals surface area contributed by atoms with Crippen LogP contribution in [0.4, 0.5) is 11.6 Å². The number of rotatable bonds is 8. The Bertz CT molecular complexity index is 1470. The Hall–Kier alpha value is -4.50. The Morgan fingerprint density at radius 1 is 1.22 bits per heavy atom. The summed E-state index contributed by atoms with van der Waals surface area (Å²) in [6.07, 6.45) is 10.4. The molecule has 3 atom stereocenters. The van der Waals surface area contributed by atoms with Crippen molar-refractivity contribution in [3.8, 4) is 17.2 Å². The monoisotopic (exact) mass is 500 g/mol. The quantitative estimate of drug-likeness (QED) is 0.326. The van der Waals surface area contributed by atoms with E-state index in [1.54, 1.807) is 22.3 Å². The van der Waals surface area contributed by atoms with Gasteiger partial charge in [-0.2, -0.15) is 15.5 Å². The predicted molar refractivity (Wildman–Crippen MR) is 137 cm³/mol. The SMILES string of the molecule is CC[C@H]1CN(c2ncc(C#N)cn2)C[C@H]1Nc1c(C(N)=O)cnn2cc(-c3cnn(CC(C)O)c3)cc12. The molecule has 0 radical (unpaired) electrons. The third-order valence-electron chi connectivity index (χ3n) is 6.67. The van der Waals surface area contributed by atoms with Gasteiger partial charge in [-0.15, -0.1) is 0 Å². The molecule has 12 heteroatoms. The van der Waals surface area contributed by atoms with E-state index in [1.807, 2.05) is 24.5 Å². The Morgan fingerprint density at radius 2 is 2.00 bits per heavy atom. The van der Waals surface area contributed by atoms with Gasteiger partial charge in [0.15, 0.2) is 0 Å². The highest BCUT2D eigenvalue weighted by Crippen LogP contribution is 2.32. The number of nitrogens with zero attached hydrogens (tertiary/aromatic N) is 8. The highest BCUT2D eigenvalue weighted by Gasteiger charge is 2.34. The molecule has 5 heterocycles. The van der Waals surface area contributed by atoms with Gasteiger partial charge in [0.2, 0.25) is 5.95 Å². The van der Waals surface area contributed by atoms with E-state index in [9.17, 15) is 9.90 Å². The summed E-state index contributed by atoms with van der Waals surface area (Å²) < 4.78 is 3.40. The molecule has 1 aliphatic rings. The van der Waals surface area contributed by atoms with Crippen LogP contribution in [-0.4, -0.2) is 65.6 Å². The molecular formula is C25H28N10O2. The minimum atomic E-state index is -0.566. The van der Waals surface area contributed by atoms with Crippen LogP contribution < -0.4 is 16.0 Å². The topological polar surface area (TPSA) is 163 Å². The fourth-order valence-electron chi connectivity index (χ4n) is 4.78. The molecule has 5 rings (SSSR count). The number of hydrogen-bond donors (Lipinski definition) is 3. The zero-order valence-corrected chi connectivity index (χ0v) is 20.6. The maximum Gasteiger partial charge on any atom is 0.252 e. The lowest BCUT2D eigenvalue weighted by Gasteiger charge is -2.21. The Labute approximate surface area is 213 Å². The molecule has 190 valence electrons. The van der Waals surface area contributed by atoms with Crippen molar-refractivity contribution < 1.29 is 9.90 Å². The van der Waals surface area contributed by atoms with Crippen LogP contribution >= 0.6 is 0 Å². The first-order chi connectivity index (χ1) is 17.9. The second-order valence-corrected chi connectivity index (χ2v) is 9.36. The number of fused-ring (bicyclic) bond motifs is 1. The van der Waals surface area contributed by atoms with Crippen molar-refractivity contribution in [2.45, 2.75) is 39.0 Å². The van der Waals surface area contributed by atoms with E-state index in [-0.39, 0.29) is 12.0 Å². The molecule has 1 unspecified atom stereocenters. The molecule has 0 spiro atoms. The minimum Gasteiger partial charge on any atom is -0.391 e. The van der Waals surface area contributed by atoms with E-state index in [0.717, 1.165) is 29.6 Å². The molecule has 1 fully saturated rings. The highest BCUT2D eigenvalue weighted by atomic mass is 16.3. The smallest absolute Gasteiger partial charge is 0.252 e.